The van der Waals surface area contributed by atoms with Crippen LogP contribution >= 0.6 is 0 Å². The molecule has 3 rings (SSSR count). The Hall–Kier alpha value is -1.66. The molecule has 23 heavy (non-hydrogen) atoms. The number of aromatic nitrogens is 4. The molecule has 2 atom stereocenters. The lowest BCUT2D eigenvalue weighted by atomic mass is 9.89. The molecule has 2 aromatic heterocycles. The smallest absolute Gasteiger partial charge is 0.100 e. The van der Waals surface area contributed by atoms with Gasteiger partial charge in [-0.1, -0.05) is 20.8 Å². The van der Waals surface area contributed by atoms with Crippen LogP contribution in [0.25, 0.3) is 0 Å². The van der Waals surface area contributed by atoms with Crippen molar-refractivity contribution in [3.8, 4) is 0 Å². The van der Waals surface area contributed by atoms with Gasteiger partial charge in [0.15, 0.2) is 0 Å². The molecule has 2 aromatic rings. The Morgan fingerprint density at radius 2 is 2.22 bits per heavy atom. The Bertz CT molecular complexity index is 639. The minimum absolute atomic E-state index is 0.0838. The number of nitrogens with zero attached hydrogens (tertiary/aromatic N) is 3. The number of imidazole rings is 1. The van der Waals surface area contributed by atoms with E-state index in [1.54, 1.807) is 0 Å². The van der Waals surface area contributed by atoms with Crippen molar-refractivity contribution in [1.82, 2.24) is 25.1 Å². The van der Waals surface area contributed by atoms with Gasteiger partial charge in [-0.3, -0.25) is 5.10 Å². The Labute approximate surface area is 137 Å². The molecule has 0 radical (unpaired) electrons. The Morgan fingerprint density at radius 1 is 1.39 bits per heavy atom. The number of H-pyrrole nitrogens is 1. The molecular weight excluding hydrogens is 290 g/mol. The average molecular weight is 317 g/mol. The second kappa shape index (κ2) is 6.45. The molecule has 0 amide bonds. The fourth-order valence-corrected chi connectivity index (χ4v) is 3.21. The summed E-state index contributed by atoms with van der Waals surface area (Å²) >= 11 is 0. The number of rotatable bonds is 4. The van der Waals surface area contributed by atoms with Crippen molar-refractivity contribution in [2.75, 3.05) is 6.61 Å². The van der Waals surface area contributed by atoms with E-state index in [1.807, 2.05) is 30.3 Å². The fraction of sp³-hybridized carbons (Fsp3) is 0.647. The van der Waals surface area contributed by atoms with Crippen LogP contribution in [0.15, 0.2) is 18.7 Å². The molecule has 6 nitrogen and oxygen atoms in total. The second-order valence-electron chi connectivity index (χ2n) is 7.41. The summed E-state index contributed by atoms with van der Waals surface area (Å²) in [5, 5.41) is 11.0. The number of hydrogen-bond donors (Lipinski definition) is 2. The number of aromatic amines is 1. The van der Waals surface area contributed by atoms with Crippen LogP contribution in [-0.2, 0) is 23.7 Å². The normalized spacial score (nSPS) is 22.4. The van der Waals surface area contributed by atoms with Crippen molar-refractivity contribution in [3.05, 3.63) is 35.7 Å². The molecule has 1 saturated heterocycles. The Morgan fingerprint density at radius 3 is 2.91 bits per heavy atom. The molecule has 0 aliphatic carbocycles. The lowest BCUT2D eigenvalue weighted by Gasteiger charge is -2.30. The summed E-state index contributed by atoms with van der Waals surface area (Å²) in [6, 6.07) is 0.450. The van der Waals surface area contributed by atoms with Gasteiger partial charge >= 0.3 is 0 Å². The van der Waals surface area contributed by atoms with E-state index in [1.165, 1.54) is 11.3 Å². The molecule has 6 heteroatoms. The maximum atomic E-state index is 5.93. The van der Waals surface area contributed by atoms with E-state index in [0.29, 0.717) is 6.04 Å². The first kappa shape index (κ1) is 16.2. The predicted molar refractivity (Wildman–Crippen MR) is 89.1 cm³/mol. The van der Waals surface area contributed by atoms with Crippen molar-refractivity contribution in [2.45, 2.75) is 57.7 Å². The summed E-state index contributed by atoms with van der Waals surface area (Å²) in [7, 11) is 2.02. The zero-order valence-electron chi connectivity index (χ0n) is 14.5. The van der Waals surface area contributed by atoms with Crippen LogP contribution in [0.1, 0.15) is 56.7 Å². The Balaban J connectivity index is 1.61. The first-order valence-electron chi connectivity index (χ1n) is 8.29. The van der Waals surface area contributed by atoms with Crippen molar-refractivity contribution in [1.29, 1.82) is 0 Å². The van der Waals surface area contributed by atoms with E-state index in [2.05, 4.69) is 41.3 Å². The molecule has 1 fully saturated rings. The van der Waals surface area contributed by atoms with Crippen LogP contribution < -0.4 is 5.32 Å². The summed E-state index contributed by atoms with van der Waals surface area (Å²) in [5.74, 6) is 0. The molecule has 1 aliphatic rings. The predicted octanol–water partition coefficient (Wildman–Crippen LogP) is 2.45. The topological polar surface area (TPSA) is 67.8 Å². The molecule has 126 valence electrons. The van der Waals surface area contributed by atoms with Crippen molar-refractivity contribution in [2.24, 2.45) is 7.05 Å². The van der Waals surface area contributed by atoms with Crippen LogP contribution in [0.3, 0.4) is 0 Å². The number of nitrogens with one attached hydrogen (secondary N) is 2. The second-order valence-corrected chi connectivity index (χ2v) is 7.41. The summed E-state index contributed by atoms with van der Waals surface area (Å²) in [6.07, 6.45) is 7.81. The summed E-state index contributed by atoms with van der Waals surface area (Å²) in [5.41, 5.74) is 3.69. The van der Waals surface area contributed by atoms with Crippen molar-refractivity contribution >= 4 is 0 Å². The summed E-state index contributed by atoms with van der Waals surface area (Å²) < 4.78 is 7.97. The molecule has 0 unspecified atom stereocenters. The van der Waals surface area contributed by atoms with Gasteiger partial charge in [0, 0.05) is 42.9 Å². The van der Waals surface area contributed by atoms with Crippen LogP contribution in [0.4, 0.5) is 0 Å². The van der Waals surface area contributed by atoms with Crippen LogP contribution in [-0.4, -0.2) is 32.4 Å². The third-order valence-corrected chi connectivity index (χ3v) is 4.52. The van der Waals surface area contributed by atoms with E-state index in [-0.39, 0.29) is 11.5 Å². The largest absolute Gasteiger partial charge is 0.372 e. The quantitative estimate of drug-likeness (QED) is 0.909. The third-order valence-electron chi connectivity index (χ3n) is 4.52. The van der Waals surface area contributed by atoms with Crippen LogP contribution in [0.5, 0.6) is 0 Å². The van der Waals surface area contributed by atoms with Gasteiger partial charge in [0.05, 0.1) is 24.4 Å². The number of aryl methyl sites for hydroxylation is 1. The van der Waals surface area contributed by atoms with Gasteiger partial charge in [-0.15, -0.1) is 0 Å². The van der Waals surface area contributed by atoms with Gasteiger partial charge in [-0.25, -0.2) is 4.98 Å². The van der Waals surface area contributed by atoms with Crippen LogP contribution in [0, 0.1) is 0 Å². The van der Waals surface area contributed by atoms with E-state index in [9.17, 15) is 0 Å². The molecule has 0 spiro atoms. The fourth-order valence-electron chi connectivity index (χ4n) is 3.21. The highest BCUT2D eigenvalue weighted by Crippen LogP contribution is 2.28. The molecule has 1 aliphatic heterocycles. The van der Waals surface area contributed by atoms with Gasteiger partial charge in [0.25, 0.3) is 0 Å². The lowest BCUT2D eigenvalue weighted by molar-refractivity contribution is -0.00406. The zero-order chi connectivity index (χ0) is 16.4. The molecule has 0 aromatic carbocycles. The van der Waals surface area contributed by atoms with E-state index >= 15 is 0 Å². The van der Waals surface area contributed by atoms with Crippen molar-refractivity contribution in [3.63, 3.8) is 0 Å². The van der Waals surface area contributed by atoms with Crippen LogP contribution in [0.2, 0.25) is 0 Å². The molecule has 3 heterocycles. The standard InChI is InChI=1S/C17H27N5O/c1-17(2,3)16-12(9-20-21-16)8-19-13-5-6-23-15(7-13)14-10-18-11-22(14)4/h9-11,13,15,19H,5-8H2,1-4H3,(H,20,21)/t13-,15-/m1/s1. The van der Waals surface area contributed by atoms with Gasteiger partial charge < -0.3 is 14.6 Å². The SMILES string of the molecule is Cn1cncc1[C@H]1C[C@H](NCc2cn[nH]c2C(C)(C)C)CCO1. The molecule has 0 bridgehead atoms. The van der Waals surface area contributed by atoms with Gasteiger partial charge in [0.2, 0.25) is 0 Å². The maximum Gasteiger partial charge on any atom is 0.100 e. The average Bonchev–Trinajstić information content (AvgIpc) is 3.13. The molecule has 0 saturated carbocycles. The monoisotopic (exact) mass is 317 g/mol. The van der Waals surface area contributed by atoms with Gasteiger partial charge in [-0.2, -0.15) is 5.10 Å². The maximum absolute atomic E-state index is 5.93. The van der Waals surface area contributed by atoms with Crippen molar-refractivity contribution < 1.29 is 4.74 Å². The first-order chi connectivity index (χ1) is 10.9. The minimum atomic E-state index is 0.0838. The lowest BCUT2D eigenvalue weighted by Crippen LogP contribution is -2.36. The molecule has 2 N–H and O–H groups in total. The van der Waals surface area contributed by atoms with E-state index in [0.717, 1.165) is 31.7 Å². The molecular formula is C17H27N5O. The summed E-state index contributed by atoms with van der Waals surface area (Å²) in [4.78, 5) is 4.20. The number of ether oxygens (including phenoxy) is 1. The number of hydrogen-bond acceptors (Lipinski definition) is 4. The minimum Gasteiger partial charge on any atom is -0.372 e. The highest BCUT2D eigenvalue weighted by molar-refractivity contribution is 5.23. The Kier molecular flexibility index (Phi) is 4.55. The zero-order valence-corrected chi connectivity index (χ0v) is 14.5. The first-order valence-corrected chi connectivity index (χ1v) is 8.29. The van der Waals surface area contributed by atoms with Gasteiger partial charge in [0.1, 0.15) is 6.10 Å². The third kappa shape index (κ3) is 3.64. The van der Waals surface area contributed by atoms with E-state index in [4.69, 9.17) is 4.74 Å². The van der Waals surface area contributed by atoms with Gasteiger partial charge in [-0.05, 0) is 12.8 Å². The van der Waals surface area contributed by atoms with E-state index < -0.39 is 0 Å². The highest BCUT2D eigenvalue weighted by Gasteiger charge is 2.26. The highest BCUT2D eigenvalue weighted by atomic mass is 16.5. The summed E-state index contributed by atoms with van der Waals surface area (Å²) in [6.45, 7) is 8.24.